The van der Waals surface area contributed by atoms with Gasteiger partial charge in [0.25, 0.3) is 0 Å². The summed E-state index contributed by atoms with van der Waals surface area (Å²) in [6.45, 7) is 3.24. The average molecular weight is 224 g/mol. The van der Waals surface area contributed by atoms with E-state index in [1.807, 2.05) is 0 Å². The lowest BCUT2D eigenvalue weighted by Crippen LogP contribution is -2.44. The highest BCUT2D eigenvalue weighted by Gasteiger charge is 2.20. The van der Waals surface area contributed by atoms with Crippen molar-refractivity contribution in [2.24, 2.45) is 5.73 Å². The number of piperidine rings is 1. The quantitative estimate of drug-likeness (QED) is 0.848. The molecular weight excluding hydrogens is 204 g/mol. The van der Waals surface area contributed by atoms with Gasteiger partial charge in [-0.3, -0.25) is 4.90 Å². The van der Waals surface area contributed by atoms with Crippen LogP contribution in [0.4, 0.5) is 0 Å². The summed E-state index contributed by atoms with van der Waals surface area (Å²) in [6, 6.07) is 2.86. The molecule has 2 nitrogen and oxygen atoms in total. The zero-order valence-corrected chi connectivity index (χ0v) is 10.0. The highest BCUT2D eigenvalue weighted by Crippen LogP contribution is 2.17. The number of thiophene rings is 1. The van der Waals surface area contributed by atoms with Gasteiger partial charge >= 0.3 is 0 Å². The molecule has 0 radical (unpaired) electrons. The van der Waals surface area contributed by atoms with Crippen LogP contribution in [0.5, 0.6) is 0 Å². The Labute approximate surface area is 96.1 Å². The van der Waals surface area contributed by atoms with Crippen LogP contribution >= 0.6 is 11.3 Å². The molecule has 1 saturated heterocycles. The lowest BCUT2D eigenvalue weighted by molar-refractivity contribution is 0.155. The summed E-state index contributed by atoms with van der Waals surface area (Å²) in [5, 5.41) is 4.41. The third-order valence-corrected chi connectivity index (χ3v) is 4.02. The standard InChI is InChI=1S/C12H20N2S/c13-9-12-3-1-2-6-14(12)7-4-11-5-8-15-10-11/h5,8,10,12H,1-4,6-7,9,13H2/t12-/m0/s1. The van der Waals surface area contributed by atoms with E-state index in [0.29, 0.717) is 6.04 Å². The van der Waals surface area contributed by atoms with Gasteiger partial charge in [-0.2, -0.15) is 11.3 Å². The molecule has 0 amide bonds. The van der Waals surface area contributed by atoms with E-state index in [4.69, 9.17) is 5.73 Å². The normalized spacial score (nSPS) is 23.1. The first kappa shape index (κ1) is 11.1. The molecule has 0 bridgehead atoms. The minimum Gasteiger partial charge on any atom is -0.329 e. The molecule has 0 aromatic carbocycles. The Balaban J connectivity index is 1.81. The van der Waals surface area contributed by atoms with Gasteiger partial charge in [0.05, 0.1) is 0 Å². The van der Waals surface area contributed by atoms with Gasteiger partial charge in [0, 0.05) is 19.1 Å². The van der Waals surface area contributed by atoms with Crippen molar-refractivity contribution in [2.45, 2.75) is 31.7 Å². The Morgan fingerprint density at radius 2 is 2.40 bits per heavy atom. The van der Waals surface area contributed by atoms with Crippen LogP contribution in [0.2, 0.25) is 0 Å². The van der Waals surface area contributed by atoms with Crippen molar-refractivity contribution >= 4 is 11.3 Å². The van der Waals surface area contributed by atoms with Gasteiger partial charge in [0.2, 0.25) is 0 Å². The highest BCUT2D eigenvalue weighted by atomic mass is 32.1. The minimum atomic E-state index is 0.636. The molecule has 0 aliphatic carbocycles. The van der Waals surface area contributed by atoms with E-state index in [9.17, 15) is 0 Å². The summed E-state index contributed by atoms with van der Waals surface area (Å²) in [6.07, 6.45) is 5.18. The van der Waals surface area contributed by atoms with E-state index in [0.717, 1.165) is 6.54 Å². The van der Waals surface area contributed by atoms with Crippen molar-refractivity contribution < 1.29 is 0 Å². The molecule has 2 N–H and O–H groups in total. The molecule has 3 heteroatoms. The first-order valence-corrected chi connectivity index (χ1v) is 6.79. The Bertz CT molecular complexity index is 271. The van der Waals surface area contributed by atoms with Gasteiger partial charge in [-0.1, -0.05) is 6.42 Å². The zero-order valence-electron chi connectivity index (χ0n) is 9.19. The van der Waals surface area contributed by atoms with Gasteiger partial charge in [-0.05, 0) is 48.2 Å². The number of hydrogen-bond acceptors (Lipinski definition) is 3. The average Bonchev–Trinajstić information content (AvgIpc) is 2.79. The molecule has 1 aromatic rings. The van der Waals surface area contributed by atoms with Crippen LogP contribution in [0.1, 0.15) is 24.8 Å². The lowest BCUT2D eigenvalue weighted by Gasteiger charge is -2.34. The van der Waals surface area contributed by atoms with E-state index < -0.39 is 0 Å². The fourth-order valence-electron chi connectivity index (χ4n) is 2.33. The molecule has 1 atom stereocenters. The number of rotatable bonds is 4. The van der Waals surface area contributed by atoms with Gasteiger partial charge in [0.15, 0.2) is 0 Å². The second-order valence-electron chi connectivity index (χ2n) is 4.30. The molecule has 84 valence electrons. The molecule has 0 saturated carbocycles. The van der Waals surface area contributed by atoms with Crippen LogP contribution in [0.3, 0.4) is 0 Å². The molecule has 1 fully saturated rings. The molecule has 2 heterocycles. The molecule has 1 aromatic heterocycles. The Hall–Kier alpha value is -0.380. The second kappa shape index (κ2) is 5.64. The van der Waals surface area contributed by atoms with Gasteiger partial charge in [-0.15, -0.1) is 0 Å². The third kappa shape index (κ3) is 3.03. The van der Waals surface area contributed by atoms with Crippen molar-refractivity contribution in [3.05, 3.63) is 22.4 Å². The first-order valence-electron chi connectivity index (χ1n) is 5.85. The number of hydrogen-bond donors (Lipinski definition) is 1. The molecule has 0 spiro atoms. The van der Waals surface area contributed by atoms with E-state index >= 15 is 0 Å². The Morgan fingerprint density at radius 3 is 3.13 bits per heavy atom. The molecule has 1 aliphatic heterocycles. The van der Waals surface area contributed by atoms with E-state index in [1.54, 1.807) is 11.3 Å². The summed E-state index contributed by atoms with van der Waals surface area (Å²) in [5.74, 6) is 0. The molecule has 1 aliphatic rings. The number of nitrogens with zero attached hydrogens (tertiary/aromatic N) is 1. The number of nitrogens with two attached hydrogens (primary N) is 1. The predicted octanol–water partition coefficient (Wildman–Crippen LogP) is 2.10. The van der Waals surface area contributed by atoms with Crippen LogP contribution in [0, 0.1) is 0 Å². The Morgan fingerprint density at radius 1 is 1.47 bits per heavy atom. The third-order valence-electron chi connectivity index (χ3n) is 3.29. The van der Waals surface area contributed by atoms with E-state index in [2.05, 4.69) is 21.7 Å². The van der Waals surface area contributed by atoms with Crippen LogP contribution in [-0.2, 0) is 6.42 Å². The zero-order chi connectivity index (χ0) is 10.5. The fraction of sp³-hybridized carbons (Fsp3) is 0.667. The maximum atomic E-state index is 5.80. The van der Waals surface area contributed by atoms with Gasteiger partial charge < -0.3 is 5.73 Å². The van der Waals surface area contributed by atoms with Gasteiger partial charge in [0.1, 0.15) is 0 Å². The van der Waals surface area contributed by atoms with Crippen molar-refractivity contribution in [3.63, 3.8) is 0 Å². The lowest BCUT2D eigenvalue weighted by atomic mass is 10.0. The topological polar surface area (TPSA) is 29.3 Å². The monoisotopic (exact) mass is 224 g/mol. The van der Waals surface area contributed by atoms with E-state index in [1.165, 1.54) is 44.3 Å². The van der Waals surface area contributed by atoms with Crippen molar-refractivity contribution in [1.29, 1.82) is 0 Å². The predicted molar refractivity (Wildman–Crippen MR) is 66.3 cm³/mol. The maximum Gasteiger partial charge on any atom is 0.0218 e. The fourth-order valence-corrected chi connectivity index (χ4v) is 3.03. The van der Waals surface area contributed by atoms with Crippen LogP contribution < -0.4 is 5.73 Å². The maximum absolute atomic E-state index is 5.80. The molecular formula is C12H20N2S. The molecule has 2 rings (SSSR count). The first-order chi connectivity index (χ1) is 7.40. The second-order valence-corrected chi connectivity index (χ2v) is 5.08. The Kier molecular flexibility index (Phi) is 4.18. The van der Waals surface area contributed by atoms with Gasteiger partial charge in [-0.25, -0.2) is 0 Å². The van der Waals surface area contributed by atoms with Crippen molar-refractivity contribution in [3.8, 4) is 0 Å². The summed E-state index contributed by atoms with van der Waals surface area (Å²) in [5.41, 5.74) is 7.28. The van der Waals surface area contributed by atoms with Crippen LogP contribution in [-0.4, -0.2) is 30.6 Å². The summed E-state index contributed by atoms with van der Waals surface area (Å²) < 4.78 is 0. The van der Waals surface area contributed by atoms with Crippen molar-refractivity contribution in [1.82, 2.24) is 4.90 Å². The summed E-state index contributed by atoms with van der Waals surface area (Å²) in [7, 11) is 0. The van der Waals surface area contributed by atoms with Crippen molar-refractivity contribution in [2.75, 3.05) is 19.6 Å². The number of likely N-dealkylation sites (tertiary alicyclic amines) is 1. The van der Waals surface area contributed by atoms with E-state index in [-0.39, 0.29) is 0 Å². The highest BCUT2D eigenvalue weighted by molar-refractivity contribution is 7.07. The minimum absolute atomic E-state index is 0.636. The van der Waals surface area contributed by atoms with Crippen LogP contribution in [0.25, 0.3) is 0 Å². The summed E-state index contributed by atoms with van der Waals surface area (Å²) in [4.78, 5) is 2.57. The van der Waals surface area contributed by atoms with Crippen LogP contribution in [0.15, 0.2) is 16.8 Å². The smallest absolute Gasteiger partial charge is 0.0218 e. The largest absolute Gasteiger partial charge is 0.329 e. The molecule has 0 unspecified atom stereocenters. The summed E-state index contributed by atoms with van der Waals surface area (Å²) >= 11 is 1.79. The SMILES string of the molecule is NC[C@@H]1CCCCN1CCc1ccsc1. The molecule has 15 heavy (non-hydrogen) atoms.